The Morgan fingerprint density at radius 3 is 2.79 bits per heavy atom. The van der Waals surface area contributed by atoms with Crippen molar-refractivity contribution in [3.8, 4) is 0 Å². The lowest BCUT2D eigenvalue weighted by atomic mass is 10.1. The minimum absolute atomic E-state index is 0.00301. The van der Waals surface area contributed by atoms with E-state index in [0.717, 1.165) is 16.5 Å². The Morgan fingerprint density at radius 2 is 2.14 bits per heavy atom. The van der Waals surface area contributed by atoms with Crippen molar-refractivity contribution < 1.29 is 4.79 Å². The highest BCUT2D eigenvalue weighted by atomic mass is 79.9. The van der Waals surface area contributed by atoms with Crippen molar-refractivity contribution in [3.05, 3.63) is 34.3 Å². The van der Waals surface area contributed by atoms with Crippen LogP contribution in [0.3, 0.4) is 0 Å². The summed E-state index contributed by atoms with van der Waals surface area (Å²) in [6.45, 7) is 0. The van der Waals surface area contributed by atoms with Gasteiger partial charge in [0.2, 0.25) is 5.91 Å². The maximum absolute atomic E-state index is 11.1. The molecule has 0 fully saturated rings. The van der Waals surface area contributed by atoms with Crippen LogP contribution in [-0.2, 0) is 11.2 Å². The zero-order valence-electron chi connectivity index (χ0n) is 8.01. The number of benzene rings is 1. The number of carbonyl (C=O) groups excluding carboxylic acids is 1. The van der Waals surface area contributed by atoms with E-state index in [9.17, 15) is 4.79 Å². The highest BCUT2D eigenvalue weighted by Gasteiger charge is 2.02. The van der Waals surface area contributed by atoms with Crippen LogP contribution in [0, 0.1) is 0 Å². The molecule has 2 N–H and O–H groups in total. The minimum Gasteiger partial charge on any atom is -0.292 e. The molecule has 0 spiro atoms. The number of hydrogen-bond acceptors (Lipinski definition) is 2. The topological polar surface area (TPSA) is 41.1 Å². The van der Waals surface area contributed by atoms with Crippen LogP contribution in [0.15, 0.2) is 28.7 Å². The number of carbonyl (C=O) groups is 1. The van der Waals surface area contributed by atoms with Gasteiger partial charge in [-0.05, 0) is 18.1 Å². The lowest BCUT2D eigenvalue weighted by molar-refractivity contribution is -0.121. The third-order valence-electron chi connectivity index (χ3n) is 1.84. The fourth-order valence-electron chi connectivity index (χ4n) is 1.15. The van der Waals surface area contributed by atoms with E-state index < -0.39 is 0 Å². The van der Waals surface area contributed by atoms with Gasteiger partial charge in [-0.3, -0.25) is 10.2 Å². The normalized spacial score (nSPS) is 9.86. The minimum atomic E-state index is 0.00301. The van der Waals surface area contributed by atoms with Crippen LogP contribution >= 0.6 is 15.9 Å². The molecule has 76 valence electrons. The largest absolute Gasteiger partial charge is 0.292 e. The first-order valence-corrected chi connectivity index (χ1v) is 5.22. The Morgan fingerprint density at radius 1 is 1.43 bits per heavy atom. The third kappa shape index (κ3) is 3.47. The van der Waals surface area contributed by atoms with Gasteiger partial charge in [0.25, 0.3) is 0 Å². The van der Waals surface area contributed by atoms with Gasteiger partial charge in [-0.15, -0.1) is 0 Å². The zero-order valence-corrected chi connectivity index (χ0v) is 9.60. The van der Waals surface area contributed by atoms with E-state index in [1.165, 1.54) is 0 Å². The Kier molecular flexibility index (Phi) is 4.62. The van der Waals surface area contributed by atoms with Crippen LogP contribution < -0.4 is 10.9 Å². The highest BCUT2D eigenvalue weighted by Crippen LogP contribution is 2.17. The molecule has 0 heterocycles. The van der Waals surface area contributed by atoms with E-state index in [0.29, 0.717) is 6.42 Å². The van der Waals surface area contributed by atoms with Gasteiger partial charge in [-0.1, -0.05) is 34.1 Å². The number of hydrazine groups is 1. The molecule has 14 heavy (non-hydrogen) atoms. The molecule has 3 nitrogen and oxygen atoms in total. The molecular weight excluding hydrogens is 244 g/mol. The smallest absolute Gasteiger partial charge is 0.234 e. The van der Waals surface area contributed by atoms with Gasteiger partial charge >= 0.3 is 0 Å². The maximum Gasteiger partial charge on any atom is 0.234 e. The summed E-state index contributed by atoms with van der Waals surface area (Å²) < 4.78 is 1.05. The number of hydrogen-bond donors (Lipinski definition) is 2. The first kappa shape index (κ1) is 11.2. The van der Waals surface area contributed by atoms with E-state index in [-0.39, 0.29) is 5.91 Å². The lowest BCUT2D eigenvalue weighted by Crippen LogP contribution is -2.34. The van der Waals surface area contributed by atoms with Crippen molar-refractivity contribution in [2.75, 3.05) is 7.05 Å². The molecule has 1 aromatic rings. The van der Waals surface area contributed by atoms with E-state index >= 15 is 0 Å². The van der Waals surface area contributed by atoms with Crippen LogP contribution in [0.4, 0.5) is 0 Å². The highest BCUT2D eigenvalue weighted by molar-refractivity contribution is 9.10. The molecule has 0 aromatic heterocycles. The molecule has 0 bridgehead atoms. The summed E-state index contributed by atoms with van der Waals surface area (Å²) in [5.74, 6) is 0.00301. The Hall–Kier alpha value is -0.870. The fraction of sp³-hybridized carbons (Fsp3) is 0.300. The van der Waals surface area contributed by atoms with Gasteiger partial charge < -0.3 is 0 Å². The summed E-state index contributed by atoms with van der Waals surface area (Å²) in [5.41, 5.74) is 6.29. The second-order valence-corrected chi connectivity index (χ2v) is 3.74. The lowest BCUT2D eigenvalue weighted by Gasteiger charge is -2.04. The Labute approximate surface area is 92.0 Å². The van der Waals surface area contributed by atoms with E-state index in [1.807, 2.05) is 24.3 Å². The van der Waals surface area contributed by atoms with Crippen molar-refractivity contribution in [2.45, 2.75) is 12.8 Å². The molecule has 4 heteroatoms. The predicted molar refractivity (Wildman–Crippen MR) is 59.7 cm³/mol. The molecule has 0 aliphatic rings. The first-order chi connectivity index (χ1) is 6.74. The average molecular weight is 257 g/mol. The SMILES string of the molecule is CNNC(=O)CCc1ccccc1Br. The van der Waals surface area contributed by atoms with E-state index in [1.54, 1.807) is 7.05 Å². The molecule has 0 unspecified atom stereocenters. The van der Waals surface area contributed by atoms with Crippen molar-refractivity contribution in [1.29, 1.82) is 0 Å². The van der Waals surface area contributed by atoms with E-state index in [4.69, 9.17) is 0 Å². The first-order valence-electron chi connectivity index (χ1n) is 4.43. The van der Waals surface area contributed by atoms with Crippen molar-refractivity contribution in [2.24, 2.45) is 0 Å². The van der Waals surface area contributed by atoms with Crippen LogP contribution in [-0.4, -0.2) is 13.0 Å². The fourth-order valence-corrected chi connectivity index (χ4v) is 1.63. The summed E-state index contributed by atoms with van der Waals surface area (Å²) in [4.78, 5) is 11.1. The zero-order chi connectivity index (χ0) is 10.4. The molecule has 1 amide bonds. The molecule has 0 atom stereocenters. The molecule has 0 saturated carbocycles. The summed E-state index contributed by atoms with van der Waals surface area (Å²) >= 11 is 3.44. The van der Waals surface area contributed by atoms with Gasteiger partial charge in [0.05, 0.1) is 0 Å². The molecule has 1 aromatic carbocycles. The molecular formula is C10H13BrN2O. The Bertz CT molecular complexity index is 315. The predicted octanol–water partition coefficient (Wildman–Crippen LogP) is 1.63. The summed E-state index contributed by atoms with van der Waals surface area (Å²) in [5, 5.41) is 0. The van der Waals surface area contributed by atoms with Crippen LogP contribution in [0.1, 0.15) is 12.0 Å². The number of amides is 1. The van der Waals surface area contributed by atoms with E-state index in [2.05, 4.69) is 26.8 Å². The number of halogens is 1. The van der Waals surface area contributed by atoms with Gasteiger partial charge in [0.1, 0.15) is 0 Å². The quantitative estimate of drug-likeness (QED) is 0.805. The van der Waals surface area contributed by atoms with Gasteiger partial charge in [0.15, 0.2) is 0 Å². The number of nitrogens with one attached hydrogen (secondary N) is 2. The molecule has 0 saturated heterocycles. The van der Waals surface area contributed by atoms with Gasteiger partial charge in [-0.2, -0.15) is 0 Å². The molecule has 0 aliphatic carbocycles. The summed E-state index contributed by atoms with van der Waals surface area (Å²) in [6, 6.07) is 7.92. The Balaban J connectivity index is 2.46. The van der Waals surface area contributed by atoms with Crippen LogP contribution in [0.2, 0.25) is 0 Å². The van der Waals surface area contributed by atoms with Crippen LogP contribution in [0.5, 0.6) is 0 Å². The van der Waals surface area contributed by atoms with Crippen molar-refractivity contribution in [3.63, 3.8) is 0 Å². The monoisotopic (exact) mass is 256 g/mol. The standard InChI is InChI=1S/C10H13BrN2O/c1-12-13-10(14)7-6-8-4-2-3-5-9(8)11/h2-5,12H,6-7H2,1H3,(H,13,14). The van der Waals surface area contributed by atoms with Crippen LogP contribution in [0.25, 0.3) is 0 Å². The summed E-state index contributed by atoms with van der Waals surface area (Å²) in [6.07, 6.45) is 1.23. The second kappa shape index (κ2) is 5.78. The van der Waals surface area contributed by atoms with Crippen molar-refractivity contribution >= 4 is 21.8 Å². The molecule has 0 radical (unpaired) electrons. The van der Waals surface area contributed by atoms with Gasteiger partial charge in [0, 0.05) is 17.9 Å². The molecule has 1 rings (SSSR count). The second-order valence-electron chi connectivity index (χ2n) is 2.89. The molecule has 0 aliphatic heterocycles. The van der Waals surface area contributed by atoms with Crippen molar-refractivity contribution in [1.82, 2.24) is 10.9 Å². The van der Waals surface area contributed by atoms with Gasteiger partial charge in [-0.25, -0.2) is 5.43 Å². The number of aryl methyl sites for hydroxylation is 1. The number of rotatable bonds is 4. The average Bonchev–Trinajstić information content (AvgIpc) is 2.17. The third-order valence-corrected chi connectivity index (χ3v) is 2.62. The maximum atomic E-state index is 11.1. The summed E-state index contributed by atoms with van der Waals surface area (Å²) in [7, 11) is 1.68.